The highest BCUT2D eigenvalue weighted by Crippen LogP contribution is 2.27. The van der Waals surface area contributed by atoms with Crippen molar-refractivity contribution >= 4 is 28.6 Å². The van der Waals surface area contributed by atoms with Crippen molar-refractivity contribution in [2.45, 2.75) is 52.1 Å². The second-order valence-corrected chi connectivity index (χ2v) is 8.49. The van der Waals surface area contributed by atoms with Crippen LogP contribution in [-0.4, -0.2) is 51.2 Å². The lowest BCUT2D eigenvalue weighted by molar-refractivity contribution is 0.220. The maximum atomic E-state index is 6.12. The number of unbranched alkanes of at least 4 members (excludes halogenated alkanes) is 1. The molecule has 0 aliphatic carbocycles. The minimum Gasteiger partial charge on any atom is -0.496 e. The third-order valence-corrected chi connectivity index (χ3v) is 5.98. The molecular weight excluding hydrogens is 412 g/mol. The zero-order valence-electron chi connectivity index (χ0n) is 18.4. The van der Waals surface area contributed by atoms with Gasteiger partial charge in [0.1, 0.15) is 11.3 Å². The number of anilines is 1. The number of benzene rings is 1. The minimum absolute atomic E-state index is 0.205. The molecule has 3 aromatic rings. The SMILES string of the molecule is CCCCNc1nc(Cl)nc2ncn(Cc3ccc(CN4CCCCC4)cc3OC)c12. The molecule has 31 heavy (non-hydrogen) atoms. The fourth-order valence-electron chi connectivity index (χ4n) is 4.16. The van der Waals surface area contributed by atoms with Gasteiger partial charge in [-0.15, -0.1) is 0 Å². The number of likely N-dealkylation sites (tertiary alicyclic amines) is 1. The molecule has 0 spiro atoms. The highest BCUT2D eigenvalue weighted by atomic mass is 35.5. The predicted octanol–water partition coefficient (Wildman–Crippen LogP) is 4.73. The largest absolute Gasteiger partial charge is 0.496 e. The van der Waals surface area contributed by atoms with Crippen molar-refractivity contribution in [1.29, 1.82) is 0 Å². The van der Waals surface area contributed by atoms with Crippen LogP contribution in [0.25, 0.3) is 11.2 Å². The first kappa shape index (κ1) is 21.8. The second kappa shape index (κ2) is 10.3. The Morgan fingerprint density at radius 2 is 1.97 bits per heavy atom. The molecule has 0 bridgehead atoms. The molecule has 0 amide bonds. The van der Waals surface area contributed by atoms with E-state index in [0.717, 1.165) is 48.6 Å². The van der Waals surface area contributed by atoms with Crippen molar-refractivity contribution in [1.82, 2.24) is 24.4 Å². The molecule has 1 saturated heterocycles. The van der Waals surface area contributed by atoms with Crippen LogP contribution in [0.4, 0.5) is 5.82 Å². The van der Waals surface area contributed by atoms with Gasteiger partial charge in [0.2, 0.25) is 5.28 Å². The van der Waals surface area contributed by atoms with E-state index in [2.05, 4.69) is 54.9 Å². The Balaban J connectivity index is 1.58. The summed E-state index contributed by atoms with van der Waals surface area (Å²) < 4.78 is 7.80. The van der Waals surface area contributed by atoms with Gasteiger partial charge in [0.15, 0.2) is 11.5 Å². The highest BCUT2D eigenvalue weighted by molar-refractivity contribution is 6.28. The molecule has 0 unspecified atom stereocenters. The normalized spacial score (nSPS) is 14.8. The Morgan fingerprint density at radius 1 is 1.13 bits per heavy atom. The summed E-state index contributed by atoms with van der Waals surface area (Å²) in [6, 6.07) is 6.53. The standard InChI is InChI=1S/C23H31ClN6O/c1-3-4-10-25-21-20-22(28-23(24)27-21)26-16-30(20)15-18-9-8-17(13-19(18)31-2)14-29-11-6-5-7-12-29/h8-9,13,16H,3-7,10-12,14-15H2,1-2H3,(H,25,27,28). The zero-order chi connectivity index (χ0) is 21.6. The molecule has 1 fully saturated rings. The zero-order valence-corrected chi connectivity index (χ0v) is 19.2. The first-order valence-electron chi connectivity index (χ1n) is 11.2. The molecule has 0 atom stereocenters. The summed E-state index contributed by atoms with van der Waals surface area (Å²) in [5, 5.41) is 3.60. The summed E-state index contributed by atoms with van der Waals surface area (Å²) in [6.45, 7) is 6.96. The van der Waals surface area contributed by atoms with Crippen LogP contribution in [0.5, 0.6) is 5.75 Å². The van der Waals surface area contributed by atoms with Gasteiger partial charge >= 0.3 is 0 Å². The molecule has 0 radical (unpaired) electrons. The molecule has 1 N–H and O–H groups in total. The van der Waals surface area contributed by atoms with Crippen LogP contribution in [0.15, 0.2) is 24.5 Å². The fourth-order valence-corrected chi connectivity index (χ4v) is 4.32. The number of nitrogens with zero attached hydrogens (tertiary/aromatic N) is 5. The van der Waals surface area contributed by atoms with Crippen molar-refractivity contribution in [3.8, 4) is 5.75 Å². The summed E-state index contributed by atoms with van der Waals surface area (Å²) in [5.74, 6) is 1.62. The summed E-state index contributed by atoms with van der Waals surface area (Å²) in [4.78, 5) is 15.7. The van der Waals surface area contributed by atoms with E-state index < -0.39 is 0 Å². The van der Waals surface area contributed by atoms with Gasteiger partial charge in [0.25, 0.3) is 0 Å². The third kappa shape index (κ3) is 5.28. The monoisotopic (exact) mass is 442 g/mol. The Labute approximate surface area is 188 Å². The lowest BCUT2D eigenvalue weighted by Crippen LogP contribution is -2.29. The number of imidazole rings is 1. The lowest BCUT2D eigenvalue weighted by Gasteiger charge is -2.26. The quantitative estimate of drug-likeness (QED) is 0.381. The fraction of sp³-hybridized carbons (Fsp3) is 0.522. The van der Waals surface area contributed by atoms with E-state index in [9.17, 15) is 0 Å². The molecule has 1 aliphatic heterocycles. The van der Waals surface area contributed by atoms with Gasteiger partial charge in [0, 0.05) is 18.7 Å². The molecule has 1 aliphatic rings. The van der Waals surface area contributed by atoms with Crippen LogP contribution in [0.1, 0.15) is 50.2 Å². The highest BCUT2D eigenvalue weighted by Gasteiger charge is 2.16. The second-order valence-electron chi connectivity index (χ2n) is 8.15. The van der Waals surface area contributed by atoms with Crippen molar-refractivity contribution in [3.05, 3.63) is 40.9 Å². The van der Waals surface area contributed by atoms with Gasteiger partial charge in [-0.2, -0.15) is 9.97 Å². The molecular formula is C23H31ClN6O. The number of aromatic nitrogens is 4. The number of hydrogen-bond acceptors (Lipinski definition) is 6. The van der Waals surface area contributed by atoms with Gasteiger partial charge in [0.05, 0.1) is 20.0 Å². The molecule has 2 aromatic heterocycles. The first-order chi connectivity index (χ1) is 15.2. The van der Waals surface area contributed by atoms with Gasteiger partial charge < -0.3 is 14.6 Å². The lowest BCUT2D eigenvalue weighted by atomic mass is 10.1. The van der Waals surface area contributed by atoms with E-state index >= 15 is 0 Å². The molecule has 4 rings (SSSR count). The van der Waals surface area contributed by atoms with Crippen molar-refractivity contribution in [2.24, 2.45) is 0 Å². The van der Waals surface area contributed by atoms with Crippen LogP contribution < -0.4 is 10.1 Å². The predicted molar refractivity (Wildman–Crippen MR) is 125 cm³/mol. The number of methoxy groups -OCH3 is 1. The Bertz CT molecular complexity index is 1010. The number of ether oxygens (including phenoxy) is 1. The molecule has 3 heterocycles. The molecule has 0 saturated carbocycles. The van der Waals surface area contributed by atoms with Crippen LogP contribution in [0.2, 0.25) is 5.28 Å². The maximum absolute atomic E-state index is 6.12. The molecule has 166 valence electrons. The maximum Gasteiger partial charge on any atom is 0.226 e. The van der Waals surface area contributed by atoms with Crippen LogP contribution >= 0.6 is 11.6 Å². The average molecular weight is 443 g/mol. The third-order valence-electron chi connectivity index (χ3n) is 5.81. The van der Waals surface area contributed by atoms with Gasteiger partial charge in [-0.3, -0.25) is 4.90 Å². The summed E-state index contributed by atoms with van der Waals surface area (Å²) in [7, 11) is 1.73. The summed E-state index contributed by atoms with van der Waals surface area (Å²) in [5.41, 5.74) is 3.84. The number of fused-ring (bicyclic) bond motifs is 1. The van der Waals surface area contributed by atoms with E-state index in [1.165, 1.54) is 37.9 Å². The number of halogens is 1. The van der Waals surface area contributed by atoms with Gasteiger partial charge in [-0.1, -0.05) is 31.9 Å². The van der Waals surface area contributed by atoms with E-state index in [1.54, 1.807) is 13.4 Å². The van der Waals surface area contributed by atoms with E-state index in [1.807, 2.05) is 0 Å². The Morgan fingerprint density at radius 3 is 2.74 bits per heavy atom. The summed E-state index contributed by atoms with van der Waals surface area (Å²) >= 11 is 6.12. The van der Waals surface area contributed by atoms with Gasteiger partial charge in [-0.05, 0) is 55.6 Å². The van der Waals surface area contributed by atoms with Crippen molar-refractivity contribution in [2.75, 3.05) is 32.1 Å². The average Bonchev–Trinajstić information content (AvgIpc) is 3.18. The number of rotatable bonds is 9. The first-order valence-corrected chi connectivity index (χ1v) is 11.6. The van der Waals surface area contributed by atoms with E-state index in [-0.39, 0.29) is 5.28 Å². The van der Waals surface area contributed by atoms with Crippen LogP contribution in [0, 0.1) is 0 Å². The van der Waals surface area contributed by atoms with Crippen molar-refractivity contribution < 1.29 is 4.74 Å². The van der Waals surface area contributed by atoms with Crippen molar-refractivity contribution in [3.63, 3.8) is 0 Å². The molecule has 7 nitrogen and oxygen atoms in total. The summed E-state index contributed by atoms with van der Waals surface area (Å²) in [6.07, 6.45) is 7.90. The van der Waals surface area contributed by atoms with Crippen LogP contribution in [-0.2, 0) is 13.1 Å². The van der Waals surface area contributed by atoms with E-state index in [0.29, 0.717) is 12.2 Å². The number of nitrogens with one attached hydrogen (secondary N) is 1. The van der Waals surface area contributed by atoms with E-state index in [4.69, 9.17) is 16.3 Å². The van der Waals surface area contributed by atoms with Gasteiger partial charge in [-0.25, -0.2) is 4.98 Å². The number of hydrogen-bond donors (Lipinski definition) is 1. The topological polar surface area (TPSA) is 68.1 Å². The van der Waals surface area contributed by atoms with Crippen LogP contribution in [0.3, 0.4) is 0 Å². The minimum atomic E-state index is 0.205. The molecule has 8 heteroatoms. The number of piperidine rings is 1. The Hall–Kier alpha value is -2.38. The Kier molecular flexibility index (Phi) is 7.25. The smallest absolute Gasteiger partial charge is 0.226 e. The molecule has 1 aromatic carbocycles.